The van der Waals surface area contributed by atoms with Gasteiger partial charge in [-0.15, -0.1) is 0 Å². The van der Waals surface area contributed by atoms with E-state index in [1.54, 1.807) is 0 Å². The van der Waals surface area contributed by atoms with Gasteiger partial charge in [0.1, 0.15) is 0 Å². The number of hydrogen-bond donors (Lipinski definition) is 1. The van der Waals surface area contributed by atoms with Crippen LogP contribution in [-0.2, 0) is 6.54 Å². The molecule has 0 aliphatic heterocycles. The third-order valence-electron chi connectivity index (χ3n) is 1.66. The molecule has 0 spiro atoms. The van der Waals surface area contributed by atoms with Crippen molar-refractivity contribution in [3.05, 3.63) is 27.0 Å². The second-order valence-corrected chi connectivity index (χ2v) is 2.56. The molecule has 6 heteroatoms. The van der Waals surface area contributed by atoms with Crippen molar-refractivity contribution in [2.45, 2.75) is 13.0 Å². The number of hydrogen-bond acceptors (Lipinski definition) is 4. The Hall–Kier alpha value is -2.03. The van der Waals surface area contributed by atoms with E-state index in [-0.39, 0.29) is 18.7 Å². The van der Waals surface area contributed by atoms with Crippen molar-refractivity contribution in [2.75, 3.05) is 7.11 Å². The maximum Gasteiger partial charge on any atom is 0.328 e. The van der Waals surface area contributed by atoms with Crippen LogP contribution in [0.1, 0.15) is 6.42 Å². The SMILES string of the molecule is COc1cn(CCC#N)c(=O)[nH]c1=O. The normalized spacial score (nSPS) is 9.43. The number of nitriles is 1. The van der Waals surface area contributed by atoms with Crippen LogP contribution in [0.5, 0.6) is 5.75 Å². The molecule has 0 amide bonds. The molecule has 0 fully saturated rings. The van der Waals surface area contributed by atoms with Gasteiger partial charge in [-0.25, -0.2) is 4.79 Å². The molecular weight excluding hydrogens is 186 g/mol. The minimum atomic E-state index is -0.564. The zero-order chi connectivity index (χ0) is 10.6. The van der Waals surface area contributed by atoms with Gasteiger partial charge in [-0.2, -0.15) is 5.26 Å². The molecule has 14 heavy (non-hydrogen) atoms. The summed E-state index contributed by atoms with van der Waals surface area (Å²) in [6.07, 6.45) is 1.49. The van der Waals surface area contributed by atoms with E-state index in [0.717, 1.165) is 0 Å². The molecule has 1 aromatic rings. The number of nitrogens with one attached hydrogen (secondary N) is 1. The third-order valence-corrected chi connectivity index (χ3v) is 1.66. The van der Waals surface area contributed by atoms with Crippen LogP contribution in [0.15, 0.2) is 15.8 Å². The average Bonchev–Trinajstić information content (AvgIpc) is 2.17. The summed E-state index contributed by atoms with van der Waals surface area (Å²) in [6.45, 7) is 0.239. The number of aromatic amines is 1. The van der Waals surface area contributed by atoms with Crippen molar-refractivity contribution in [3.8, 4) is 11.8 Å². The highest BCUT2D eigenvalue weighted by molar-refractivity contribution is 5.11. The fourth-order valence-electron chi connectivity index (χ4n) is 0.971. The average molecular weight is 195 g/mol. The second kappa shape index (κ2) is 4.28. The largest absolute Gasteiger partial charge is 0.490 e. The Morgan fingerprint density at radius 1 is 1.64 bits per heavy atom. The van der Waals surface area contributed by atoms with Gasteiger partial charge < -0.3 is 4.74 Å². The molecule has 0 aromatic carbocycles. The smallest absolute Gasteiger partial charge is 0.328 e. The number of rotatable bonds is 3. The number of aromatic nitrogens is 2. The molecule has 1 rings (SSSR count). The summed E-state index contributed by atoms with van der Waals surface area (Å²) in [4.78, 5) is 24.3. The van der Waals surface area contributed by atoms with Gasteiger partial charge in [-0.3, -0.25) is 14.3 Å². The molecule has 0 unspecified atom stereocenters. The molecule has 6 nitrogen and oxygen atoms in total. The molecule has 0 saturated carbocycles. The maximum absolute atomic E-state index is 11.2. The summed E-state index contributed by atoms with van der Waals surface area (Å²) in [5, 5.41) is 8.33. The van der Waals surface area contributed by atoms with E-state index >= 15 is 0 Å². The Morgan fingerprint density at radius 3 is 2.93 bits per heavy atom. The van der Waals surface area contributed by atoms with Gasteiger partial charge in [0.05, 0.1) is 25.8 Å². The predicted octanol–water partition coefficient (Wildman–Crippen LogP) is -0.541. The minimum absolute atomic E-state index is 0.0579. The monoisotopic (exact) mass is 195 g/mol. The fourth-order valence-corrected chi connectivity index (χ4v) is 0.971. The van der Waals surface area contributed by atoms with E-state index in [4.69, 9.17) is 10.00 Å². The number of methoxy groups -OCH3 is 1. The van der Waals surface area contributed by atoms with Gasteiger partial charge in [0, 0.05) is 6.54 Å². The molecule has 1 aromatic heterocycles. The zero-order valence-electron chi connectivity index (χ0n) is 7.61. The van der Waals surface area contributed by atoms with Crippen LogP contribution in [0.2, 0.25) is 0 Å². The Morgan fingerprint density at radius 2 is 2.36 bits per heavy atom. The van der Waals surface area contributed by atoms with Crippen molar-refractivity contribution < 1.29 is 4.74 Å². The highest BCUT2D eigenvalue weighted by Gasteiger charge is 2.03. The first kappa shape index (κ1) is 10.1. The van der Waals surface area contributed by atoms with E-state index < -0.39 is 11.2 Å². The molecule has 74 valence electrons. The molecule has 0 bridgehead atoms. The van der Waals surface area contributed by atoms with Crippen molar-refractivity contribution in [2.24, 2.45) is 0 Å². The van der Waals surface area contributed by atoms with Crippen LogP contribution in [0.25, 0.3) is 0 Å². The van der Waals surface area contributed by atoms with Gasteiger partial charge in [-0.05, 0) is 0 Å². The third kappa shape index (κ3) is 2.01. The van der Waals surface area contributed by atoms with E-state index in [0.29, 0.717) is 0 Å². The van der Waals surface area contributed by atoms with E-state index in [1.807, 2.05) is 6.07 Å². The quantitative estimate of drug-likeness (QED) is 0.701. The van der Waals surface area contributed by atoms with Gasteiger partial charge in [-0.1, -0.05) is 0 Å². The van der Waals surface area contributed by atoms with Crippen LogP contribution in [0, 0.1) is 11.3 Å². The first-order chi connectivity index (χ1) is 6.69. The first-order valence-electron chi connectivity index (χ1n) is 3.93. The Bertz CT molecular complexity index is 466. The van der Waals surface area contributed by atoms with E-state index in [2.05, 4.69) is 4.98 Å². The Balaban J connectivity index is 3.13. The number of nitrogens with zero attached hydrogens (tertiary/aromatic N) is 2. The van der Waals surface area contributed by atoms with Gasteiger partial charge in [0.25, 0.3) is 5.56 Å². The molecule has 1 heterocycles. The standard InChI is InChI=1S/C8H9N3O3/c1-14-6-5-11(4-2-3-9)8(13)10-7(6)12/h5H,2,4H2,1H3,(H,10,12,13). The summed E-state index contributed by atoms with van der Waals surface area (Å²) in [5.74, 6) is 0.0579. The Kier molecular flexibility index (Phi) is 3.07. The molecule has 0 atom stereocenters. The van der Waals surface area contributed by atoms with E-state index in [1.165, 1.54) is 17.9 Å². The Labute approximate surface area is 79.4 Å². The maximum atomic E-state index is 11.2. The summed E-state index contributed by atoms with van der Waals surface area (Å²) < 4.78 is 5.96. The predicted molar refractivity (Wildman–Crippen MR) is 48.1 cm³/mol. The summed E-state index contributed by atoms with van der Waals surface area (Å²) in [5.41, 5.74) is -1.10. The molecular formula is C8H9N3O3. The molecule has 0 radical (unpaired) electrons. The number of ether oxygens (including phenoxy) is 1. The lowest BCUT2D eigenvalue weighted by atomic mass is 10.4. The van der Waals surface area contributed by atoms with Crippen LogP contribution < -0.4 is 16.0 Å². The minimum Gasteiger partial charge on any atom is -0.490 e. The lowest BCUT2D eigenvalue weighted by Gasteiger charge is -2.03. The molecule has 1 N–H and O–H groups in total. The lowest BCUT2D eigenvalue weighted by molar-refractivity contribution is 0.399. The van der Waals surface area contributed by atoms with Gasteiger partial charge in [0.2, 0.25) is 5.75 Å². The van der Waals surface area contributed by atoms with Crippen LogP contribution >= 0.6 is 0 Å². The lowest BCUT2D eigenvalue weighted by Crippen LogP contribution is -2.30. The second-order valence-electron chi connectivity index (χ2n) is 2.56. The highest BCUT2D eigenvalue weighted by Crippen LogP contribution is 1.97. The van der Waals surface area contributed by atoms with Crippen LogP contribution in [0.4, 0.5) is 0 Å². The highest BCUT2D eigenvalue weighted by atomic mass is 16.5. The first-order valence-corrected chi connectivity index (χ1v) is 3.93. The summed E-state index contributed by atoms with van der Waals surface area (Å²) >= 11 is 0. The van der Waals surface area contributed by atoms with E-state index in [9.17, 15) is 9.59 Å². The fraction of sp³-hybridized carbons (Fsp3) is 0.375. The van der Waals surface area contributed by atoms with Crippen molar-refractivity contribution in [1.82, 2.24) is 9.55 Å². The zero-order valence-corrected chi connectivity index (χ0v) is 7.61. The van der Waals surface area contributed by atoms with Gasteiger partial charge >= 0.3 is 5.69 Å². The van der Waals surface area contributed by atoms with Crippen molar-refractivity contribution in [3.63, 3.8) is 0 Å². The van der Waals surface area contributed by atoms with Crippen LogP contribution in [0.3, 0.4) is 0 Å². The summed E-state index contributed by atoms with van der Waals surface area (Å²) in [6, 6.07) is 1.90. The van der Waals surface area contributed by atoms with Crippen molar-refractivity contribution in [1.29, 1.82) is 5.26 Å². The number of aryl methyl sites for hydroxylation is 1. The van der Waals surface area contributed by atoms with Gasteiger partial charge in [0.15, 0.2) is 0 Å². The topological polar surface area (TPSA) is 87.9 Å². The molecule has 0 aliphatic rings. The number of H-pyrrole nitrogens is 1. The van der Waals surface area contributed by atoms with Crippen molar-refractivity contribution >= 4 is 0 Å². The molecule has 0 aliphatic carbocycles. The molecule has 0 saturated heterocycles. The van der Waals surface area contributed by atoms with Crippen LogP contribution in [-0.4, -0.2) is 16.7 Å². The summed E-state index contributed by atoms with van der Waals surface area (Å²) in [7, 11) is 1.34.